The van der Waals surface area contributed by atoms with E-state index < -0.39 is 0 Å². The van der Waals surface area contributed by atoms with Crippen molar-refractivity contribution in [2.75, 3.05) is 13.2 Å². The van der Waals surface area contributed by atoms with Gasteiger partial charge in [-0.25, -0.2) is 0 Å². The maximum absolute atomic E-state index is 6.80. The molecule has 2 nitrogen and oxygen atoms in total. The summed E-state index contributed by atoms with van der Waals surface area (Å²) in [6.07, 6.45) is 44.7. The number of hydrogen-bond acceptors (Lipinski definition) is 2. The molecular formula is C48H98O2. The van der Waals surface area contributed by atoms with Gasteiger partial charge in [-0.1, -0.05) is 236 Å². The lowest BCUT2D eigenvalue weighted by Crippen LogP contribution is -2.38. The molecule has 0 aromatic rings. The number of unbranched alkanes of at least 4 members (excludes halogenated alkanes) is 25. The Balaban J connectivity index is 4.97. The fraction of sp³-hybridized carbons (Fsp3) is 1.00. The highest BCUT2D eigenvalue weighted by Gasteiger charge is 2.35. The van der Waals surface area contributed by atoms with Crippen LogP contribution in [0.2, 0.25) is 0 Å². The zero-order valence-electron chi connectivity index (χ0n) is 36.6. The first kappa shape index (κ1) is 49.9. The van der Waals surface area contributed by atoms with Gasteiger partial charge in [0.05, 0.1) is 0 Å². The van der Waals surface area contributed by atoms with E-state index >= 15 is 0 Å². The summed E-state index contributed by atoms with van der Waals surface area (Å²) in [7, 11) is 0. The molecule has 0 saturated carbocycles. The Morgan fingerprint density at radius 2 is 0.540 bits per heavy atom. The Morgan fingerprint density at radius 3 is 0.820 bits per heavy atom. The van der Waals surface area contributed by atoms with Crippen molar-refractivity contribution >= 4 is 0 Å². The lowest BCUT2D eigenvalue weighted by molar-refractivity contribution is -0.209. The summed E-state index contributed by atoms with van der Waals surface area (Å²) in [6.45, 7) is 23.1. The van der Waals surface area contributed by atoms with Gasteiger partial charge in [-0.3, -0.25) is 0 Å². The number of ether oxygens (including phenoxy) is 2. The Bertz CT molecular complexity index is 639. The molecule has 0 aliphatic heterocycles. The molecule has 0 rings (SSSR count). The van der Waals surface area contributed by atoms with E-state index in [1.165, 1.54) is 212 Å². The summed E-state index contributed by atoms with van der Waals surface area (Å²) < 4.78 is 13.6. The predicted octanol–water partition coefficient (Wildman–Crippen LogP) is 17.4. The predicted molar refractivity (Wildman–Crippen MR) is 226 cm³/mol. The molecule has 1 atom stereocenters. The summed E-state index contributed by atoms with van der Waals surface area (Å²) in [6, 6.07) is 0. The van der Waals surface area contributed by atoms with Crippen LogP contribution in [0.5, 0.6) is 0 Å². The van der Waals surface area contributed by atoms with E-state index in [0.717, 1.165) is 13.2 Å². The molecule has 0 spiro atoms. The van der Waals surface area contributed by atoms with Gasteiger partial charge in [0.15, 0.2) is 6.29 Å². The molecular weight excluding hydrogens is 609 g/mol. The molecule has 1 unspecified atom stereocenters. The van der Waals surface area contributed by atoms with Crippen molar-refractivity contribution in [2.45, 2.75) is 280 Å². The maximum Gasteiger partial charge on any atom is 0.162 e. The number of rotatable bonds is 38. The minimum absolute atomic E-state index is 0.0399. The van der Waals surface area contributed by atoms with Crippen molar-refractivity contribution in [3.63, 3.8) is 0 Å². The van der Waals surface area contributed by atoms with Gasteiger partial charge >= 0.3 is 0 Å². The van der Waals surface area contributed by atoms with Crippen molar-refractivity contribution in [1.82, 2.24) is 0 Å². The third-order valence-corrected chi connectivity index (χ3v) is 11.2. The van der Waals surface area contributed by atoms with E-state index in [1.807, 2.05) is 0 Å². The monoisotopic (exact) mass is 707 g/mol. The highest BCUT2D eigenvalue weighted by molar-refractivity contribution is 4.79. The molecule has 0 heterocycles. The largest absolute Gasteiger partial charge is 0.352 e. The molecule has 0 aromatic carbocycles. The lowest BCUT2D eigenvalue weighted by Gasteiger charge is -2.38. The van der Waals surface area contributed by atoms with Crippen LogP contribution in [-0.4, -0.2) is 19.5 Å². The van der Waals surface area contributed by atoms with Crippen molar-refractivity contribution in [3.8, 4) is 0 Å². The van der Waals surface area contributed by atoms with E-state index in [-0.39, 0.29) is 11.7 Å². The summed E-state index contributed by atoms with van der Waals surface area (Å²) in [5, 5.41) is 0. The van der Waals surface area contributed by atoms with Gasteiger partial charge < -0.3 is 9.47 Å². The second-order valence-electron chi connectivity index (χ2n) is 19.4. The van der Waals surface area contributed by atoms with E-state index in [0.29, 0.717) is 10.8 Å². The molecule has 0 aliphatic carbocycles. The second kappa shape index (κ2) is 33.5. The molecule has 0 fully saturated rings. The van der Waals surface area contributed by atoms with Gasteiger partial charge in [0.1, 0.15) is 0 Å². The van der Waals surface area contributed by atoms with Crippen LogP contribution in [0.15, 0.2) is 0 Å². The fourth-order valence-corrected chi connectivity index (χ4v) is 7.62. The molecule has 0 bridgehead atoms. The van der Waals surface area contributed by atoms with Gasteiger partial charge in [-0.15, -0.1) is 0 Å². The summed E-state index contributed by atoms with van der Waals surface area (Å²) >= 11 is 0. The first-order chi connectivity index (χ1) is 23.9. The molecule has 0 amide bonds. The second-order valence-corrected chi connectivity index (χ2v) is 19.4. The molecule has 0 aromatic heterocycles. The fourth-order valence-electron chi connectivity index (χ4n) is 7.62. The summed E-state index contributed by atoms with van der Waals surface area (Å²) in [4.78, 5) is 0. The van der Waals surface area contributed by atoms with E-state index in [2.05, 4.69) is 62.3 Å². The van der Waals surface area contributed by atoms with Crippen molar-refractivity contribution < 1.29 is 9.47 Å². The average Bonchev–Trinajstić information content (AvgIpc) is 3.05. The molecule has 0 saturated heterocycles. The van der Waals surface area contributed by atoms with Gasteiger partial charge in [0.25, 0.3) is 0 Å². The Morgan fingerprint density at radius 1 is 0.300 bits per heavy atom. The lowest BCUT2D eigenvalue weighted by atomic mass is 9.78. The molecule has 0 N–H and O–H groups in total. The van der Waals surface area contributed by atoms with Crippen LogP contribution in [0.3, 0.4) is 0 Å². The Kier molecular flexibility index (Phi) is 33.4. The van der Waals surface area contributed by atoms with Crippen molar-refractivity contribution in [1.29, 1.82) is 0 Å². The van der Waals surface area contributed by atoms with Crippen LogP contribution in [0, 0.1) is 16.2 Å². The molecule has 2 heteroatoms. The zero-order chi connectivity index (χ0) is 37.2. The van der Waals surface area contributed by atoms with Gasteiger partial charge in [-0.2, -0.15) is 0 Å². The van der Waals surface area contributed by atoms with E-state index in [4.69, 9.17) is 9.47 Å². The minimum atomic E-state index is -0.0399. The van der Waals surface area contributed by atoms with Gasteiger partial charge in [0, 0.05) is 18.6 Å². The molecule has 50 heavy (non-hydrogen) atoms. The molecule has 0 radical (unpaired) electrons. The van der Waals surface area contributed by atoms with E-state index in [1.54, 1.807) is 0 Å². The summed E-state index contributed by atoms with van der Waals surface area (Å²) in [5.41, 5.74) is 1.10. The van der Waals surface area contributed by atoms with Crippen LogP contribution in [0.1, 0.15) is 274 Å². The normalized spacial score (nSPS) is 13.8. The standard InChI is InChI=1S/C48H98O2/c1-10-12-14-16-18-24-30-36-42-48(9,41-35-29-21-17-15-13-11-2)45(49-43-37-31-25-19-22-27-33-39-46(3,4)5)50-44-38-32-26-20-23-28-34-40-47(6,7)8/h45H,10-44H2,1-9H3. The topological polar surface area (TPSA) is 18.5 Å². The highest BCUT2D eigenvalue weighted by Crippen LogP contribution is 2.38. The van der Waals surface area contributed by atoms with Crippen molar-refractivity contribution in [2.24, 2.45) is 16.2 Å². The van der Waals surface area contributed by atoms with Gasteiger partial charge in [-0.05, 0) is 49.4 Å². The van der Waals surface area contributed by atoms with Crippen molar-refractivity contribution in [3.05, 3.63) is 0 Å². The first-order valence-electron chi connectivity index (χ1n) is 23.2. The SMILES string of the molecule is CCCCCCCCCCC(C)(CCCCCCCCC)C(OCCCCCCCCCC(C)(C)C)OCCCCCCCCCC(C)(C)C. The van der Waals surface area contributed by atoms with Crippen LogP contribution >= 0.6 is 0 Å². The zero-order valence-corrected chi connectivity index (χ0v) is 36.6. The first-order valence-corrected chi connectivity index (χ1v) is 23.2. The smallest absolute Gasteiger partial charge is 0.162 e. The van der Waals surface area contributed by atoms with E-state index in [9.17, 15) is 0 Å². The Hall–Kier alpha value is -0.0800. The molecule has 0 aliphatic rings. The maximum atomic E-state index is 6.80. The van der Waals surface area contributed by atoms with Crippen LogP contribution < -0.4 is 0 Å². The van der Waals surface area contributed by atoms with Gasteiger partial charge in [0.2, 0.25) is 0 Å². The summed E-state index contributed by atoms with van der Waals surface area (Å²) in [5.74, 6) is 0. The van der Waals surface area contributed by atoms with Crippen LogP contribution in [0.25, 0.3) is 0 Å². The highest BCUT2D eigenvalue weighted by atomic mass is 16.7. The third kappa shape index (κ3) is 35.0. The quantitative estimate of drug-likeness (QED) is 0.0470. The van der Waals surface area contributed by atoms with Crippen LogP contribution in [-0.2, 0) is 9.47 Å². The number of hydrogen-bond donors (Lipinski definition) is 0. The Labute approximate surface area is 318 Å². The minimum Gasteiger partial charge on any atom is -0.352 e. The average molecular weight is 707 g/mol. The third-order valence-electron chi connectivity index (χ3n) is 11.2. The van der Waals surface area contributed by atoms with Crippen LogP contribution in [0.4, 0.5) is 0 Å². The molecule has 302 valence electrons.